The molecule has 0 spiro atoms. The highest BCUT2D eigenvalue weighted by Gasteiger charge is 2.14. The van der Waals surface area contributed by atoms with E-state index in [0.717, 1.165) is 12.2 Å². The van der Waals surface area contributed by atoms with Crippen molar-refractivity contribution in [1.29, 1.82) is 0 Å². The van der Waals surface area contributed by atoms with E-state index in [-0.39, 0.29) is 0 Å². The minimum atomic E-state index is 0.476. The summed E-state index contributed by atoms with van der Waals surface area (Å²) >= 11 is 0. The van der Waals surface area contributed by atoms with Gasteiger partial charge in [-0.3, -0.25) is 4.68 Å². The van der Waals surface area contributed by atoms with Gasteiger partial charge in [0.15, 0.2) is 0 Å². The molecule has 0 saturated carbocycles. The quantitative estimate of drug-likeness (QED) is 0.780. The zero-order valence-corrected chi connectivity index (χ0v) is 10.4. The van der Waals surface area contributed by atoms with Gasteiger partial charge in [0.25, 0.3) is 0 Å². The maximum Gasteiger partial charge on any atom is 0.0641 e. The smallest absolute Gasteiger partial charge is 0.0641 e. The van der Waals surface area contributed by atoms with E-state index < -0.39 is 0 Å². The van der Waals surface area contributed by atoms with Gasteiger partial charge in [0.05, 0.1) is 5.69 Å². The van der Waals surface area contributed by atoms with Gasteiger partial charge in [0.1, 0.15) is 0 Å². The van der Waals surface area contributed by atoms with Gasteiger partial charge < -0.3 is 5.32 Å². The molecule has 1 N–H and O–H groups in total. The van der Waals surface area contributed by atoms with E-state index in [1.54, 1.807) is 0 Å². The summed E-state index contributed by atoms with van der Waals surface area (Å²) in [4.78, 5) is 0. The van der Waals surface area contributed by atoms with Crippen molar-refractivity contribution in [1.82, 2.24) is 15.1 Å². The van der Waals surface area contributed by atoms with Crippen LogP contribution < -0.4 is 5.32 Å². The highest BCUT2D eigenvalue weighted by molar-refractivity contribution is 5.19. The standard InChI is InChI=1S/C12H23N3/c1-5-7-12(13-8-6-2)11-9-15(4)14-10(11)3/h9,12-13H,5-8H2,1-4H3. The molecule has 1 heterocycles. The predicted molar refractivity (Wildman–Crippen MR) is 63.9 cm³/mol. The number of hydrogen-bond acceptors (Lipinski definition) is 2. The van der Waals surface area contributed by atoms with Gasteiger partial charge in [0.2, 0.25) is 0 Å². The molecular formula is C12H23N3. The summed E-state index contributed by atoms with van der Waals surface area (Å²) in [6.45, 7) is 7.60. The van der Waals surface area contributed by atoms with E-state index in [1.165, 1.54) is 24.8 Å². The van der Waals surface area contributed by atoms with Crippen molar-refractivity contribution < 1.29 is 0 Å². The van der Waals surface area contributed by atoms with Crippen LogP contribution in [0, 0.1) is 6.92 Å². The average molecular weight is 209 g/mol. The molecule has 0 fully saturated rings. The molecule has 1 aromatic heterocycles. The van der Waals surface area contributed by atoms with Crippen molar-refractivity contribution in [3.05, 3.63) is 17.5 Å². The second-order valence-corrected chi connectivity index (χ2v) is 4.14. The molecule has 86 valence electrons. The van der Waals surface area contributed by atoms with Crippen molar-refractivity contribution in [2.75, 3.05) is 6.54 Å². The highest BCUT2D eigenvalue weighted by Crippen LogP contribution is 2.20. The Balaban J connectivity index is 2.73. The lowest BCUT2D eigenvalue weighted by Gasteiger charge is -2.17. The third kappa shape index (κ3) is 3.34. The van der Waals surface area contributed by atoms with Gasteiger partial charge in [-0.25, -0.2) is 0 Å². The molecule has 0 aliphatic rings. The Kier molecular flexibility index (Phi) is 4.82. The zero-order chi connectivity index (χ0) is 11.3. The van der Waals surface area contributed by atoms with Crippen LogP contribution in [0.3, 0.4) is 0 Å². The number of aromatic nitrogens is 2. The maximum atomic E-state index is 4.40. The van der Waals surface area contributed by atoms with Gasteiger partial charge in [-0.1, -0.05) is 20.3 Å². The third-order valence-corrected chi connectivity index (χ3v) is 2.64. The first kappa shape index (κ1) is 12.2. The summed E-state index contributed by atoms with van der Waals surface area (Å²) in [7, 11) is 1.99. The minimum Gasteiger partial charge on any atom is -0.310 e. The molecule has 1 unspecified atom stereocenters. The monoisotopic (exact) mass is 209 g/mol. The lowest BCUT2D eigenvalue weighted by Crippen LogP contribution is -2.22. The molecule has 0 bridgehead atoms. The van der Waals surface area contributed by atoms with E-state index in [4.69, 9.17) is 0 Å². The van der Waals surface area contributed by atoms with Crippen molar-refractivity contribution >= 4 is 0 Å². The molecular weight excluding hydrogens is 186 g/mol. The van der Waals surface area contributed by atoms with Crippen LogP contribution in [0.15, 0.2) is 6.20 Å². The van der Waals surface area contributed by atoms with Crippen LogP contribution in [0.25, 0.3) is 0 Å². The lowest BCUT2D eigenvalue weighted by atomic mass is 10.0. The van der Waals surface area contributed by atoms with Crippen LogP contribution in [0.1, 0.15) is 50.4 Å². The first-order valence-electron chi connectivity index (χ1n) is 5.92. The Bertz CT molecular complexity index is 291. The molecule has 0 saturated heterocycles. The summed E-state index contributed by atoms with van der Waals surface area (Å²) in [5.41, 5.74) is 2.51. The molecule has 1 aromatic rings. The first-order chi connectivity index (χ1) is 7.19. The topological polar surface area (TPSA) is 29.9 Å². The minimum absolute atomic E-state index is 0.476. The van der Waals surface area contributed by atoms with E-state index in [1.807, 2.05) is 11.7 Å². The van der Waals surface area contributed by atoms with Crippen molar-refractivity contribution in [3.8, 4) is 0 Å². The Labute approximate surface area is 92.9 Å². The molecule has 15 heavy (non-hydrogen) atoms. The number of nitrogens with zero attached hydrogens (tertiary/aromatic N) is 2. The normalized spacial score (nSPS) is 13.1. The van der Waals surface area contributed by atoms with Crippen LogP contribution in [-0.4, -0.2) is 16.3 Å². The van der Waals surface area contributed by atoms with Crippen molar-refractivity contribution in [3.63, 3.8) is 0 Å². The summed E-state index contributed by atoms with van der Waals surface area (Å²) in [5, 5.41) is 7.99. The summed E-state index contributed by atoms with van der Waals surface area (Å²) in [5.74, 6) is 0. The molecule has 3 heteroatoms. The lowest BCUT2D eigenvalue weighted by molar-refractivity contribution is 0.492. The van der Waals surface area contributed by atoms with Gasteiger partial charge >= 0.3 is 0 Å². The second-order valence-electron chi connectivity index (χ2n) is 4.14. The fraction of sp³-hybridized carbons (Fsp3) is 0.750. The molecule has 3 nitrogen and oxygen atoms in total. The molecule has 1 rings (SSSR count). The van der Waals surface area contributed by atoms with Gasteiger partial charge in [-0.05, 0) is 26.3 Å². The first-order valence-corrected chi connectivity index (χ1v) is 5.92. The molecule has 0 aliphatic heterocycles. The summed E-state index contributed by atoms with van der Waals surface area (Å²) in [6, 6.07) is 0.476. The number of rotatable bonds is 6. The molecule has 0 aromatic carbocycles. The number of nitrogens with one attached hydrogen (secondary N) is 1. The van der Waals surface area contributed by atoms with Gasteiger partial charge in [-0.2, -0.15) is 5.10 Å². The predicted octanol–water partition coefficient (Wildman–Crippen LogP) is 2.57. The van der Waals surface area contributed by atoms with Gasteiger partial charge in [0, 0.05) is 24.8 Å². The van der Waals surface area contributed by atoms with Crippen LogP contribution in [0.2, 0.25) is 0 Å². The largest absolute Gasteiger partial charge is 0.310 e. The molecule has 1 atom stereocenters. The highest BCUT2D eigenvalue weighted by atomic mass is 15.3. The SMILES string of the molecule is CCCNC(CCC)c1cn(C)nc1C. The Hall–Kier alpha value is -0.830. The van der Waals surface area contributed by atoms with Crippen molar-refractivity contribution in [2.45, 2.75) is 46.1 Å². The van der Waals surface area contributed by atoms with Crippen LogP contribution >= 0.6 is 0 Å². The Morgan fingerprint density at radius 2 is 2.13 bits per heavy atom. The molecule has 0 aliphatic carbocycles. The van der Waals surface area contributed by atoms with E-state index in [2.05, 4.69) is 37.4 Å². The number of aryl methyl sites for hydroxylation is 2. The van der Waals surface area contributed by atoms with Gasteiger partial charge in [-0.15, -0.1) is 0 Å². The molecule has 0 radical (unpaired) electrons. The fourth-order valence-electron chi connectivity index (χ4n) is 1.93. The third-order valence-electron chi connectivity index (χ3n) is 2.64. The Morgan fingerprint density at radius 3 is 2.60 bits per heavy atom. The van der Waals surface area contributed by atoms with E-state index in [9.17, 15) is 0 Å². The summed E-state index contributed by atoms with van der Waals surface area (Å²) in [6.07, 6.45) is 5.71. The maximum absolute atomic E-state index is 4.40. The molecule has 0 amide bonds. The zero-order valence-electron chi connectivity index (χ0n) is 10.4. The average Bonchev–Trinajstić information content (AvgIpc) is 2.52. The van der Waals surface area contributed by atoms with Crippen molar-refractivity contribution in [2.24, 2.45) is 7.05 Å². The van der Waals surface area contributed by atoms with E-state index in [0.29, 0.717) is 6.04 Å². The van der Waals surface area contributed by atoms with Crippen LogP contribution in [0.4, 0.5) is 0 Å². The van der Waals surface area contributed by atoms with Crippen LogP contribution in [0.5, 0.6) is 0 Å². The summed E-state index contributed by atoms with van der Waals surface area (Å²) < 4.78 is 1.90. The fourth-order valence-corrected chi connectivity index (χ4v) is 1.93. The number of hydrogen-bond donors (Lipinski definition) is 1. The second kappa shape index (κ2) is 5.91. The van der Waals surface area contributed by atoms with E-state index >= 15 is 0 Å². The Morgan fingerprint density at radius 1 is 1.40 bits per heavy atom. The van der Waals surface area contributed by atoms with Crippen LogP contribution in [-0.2, 0) is 7.05 Å².